The highest BCUT2D eigenvalue weighted by Crippen LogP contribution is 2.33. The molecule has 0 aromatic heterocycles. The molecule has 0 saturated carbocycles. The Morgan fingerprint density at radius 3 is 2.50 bits per heavy atom. The summed E-state index contributed by atoms with van der Waals surface area (Å²) in [6, 6.07) is 5.72. The first-order valence-electron chi connectivity index (χ1n) is 8.19. The van der Waals surface area contributed by atoms with E-state index in [1.807, 2.05) is 32.0 Å². The van der Waals surface area contributed by atoms with E-state index in [9.17, 15) is 5.11 Å². The van der Waals surface area contributed by atoms with Gasteiger partial charge in [-0.05, 0) is 39.0 Å². The molecule has 2 unspecified atom stereocenters. The lowest BCUT2D eigenvalue weighted by molar-refractivity contribution is 0.0490. The second-order valence-corrected chi connectivity index (χ2v) is 5.54. The predicted molar refractivity (Wildman–Crippen MR) is 87.6 cm³/mol. The lowest BCUT2D eigenvalue weighted by Gasteiger charge is -2.35. The monoisotopic (exact) mass is 308 g/mol. The number of aliphatic hydroxyl groups excluding tert-OH is 1. The average molecular weight is 308 g/mol. The van der Waals surface area contributed by atoms with Crippen molar-refractivity contribution in [3.05, 3.63) is 23.8 Å². The third-order valence-electron chi connectivity index (χ3n) is 4.10. The summed E-state index contributed by atoms with van der Waals surface area (Å²) >= 11 is 0. The zero-order valence-corrected chi connectivity index (χ0v) is 13.8. The molecule has 2 atom stereocenters. The molecule has 0 aliphatic carbocycles. The summed E-state index contributed by atoms with van der Waals surface area (Å²) in [6.45, 7) is 11.0. The van der Waals surface area contributed by atoms with Gasteiger partial charge in [-0.3, -0.25) is 4.90 Å². The van der Waals surface area contributed by atoms with Crippen LogP contribution in [-0.4, -0.2) is 55.4 Å². The van der Waals surface area contributed by atoms with Crippen LogP contribution in [0.25, 0.3) is 0 Å². The third-order valence-corrected chi connectivity index (χ3v) is 4.10. The molecule has 2 rings (SSSR count). The number of aliphatic hydroxyl groups is 1. The Morgan fingerprint density at radius 2 is 1.86 bits per heavy atom. The smallest absolute Gasteiger partial charge is 0.125 e. The molecule has 1 aliphatic heterocycles. The van der Waals surface area contributed by atoms with Gasteiger partial charge in [0.15, 0.2) is 0 Å². The van der Waals surface area contributed by atoms with Crippen molar-refractivity contribution in [3.63, 3.8) is 0 Å². The van der Waals surface area contributed by atoms with Gasteiger partial charge in [-0.25, -0.2) is 0 Å². The molecule has 0 radical (unpaired) electrons. The number of benzene rings is 1. The fraction of sp³-hybridized carbons (Fsp3) is 0.647. The van der Waals surface area contributed by atoms with Gasteiger partial charge in [0.2, 0.25) is 0 Å². The molecule has 5 nitrogen and oxygen atoms in total. The molecular formula is C17H28N2O3. The molecule has 1 saturated heterocycles. The van der Waals surface area contributed by atoms with E-state index in [4.69, 9.17) is 9.47 Å². The van der Waals surface area contributed by atoms with E-state index in [2.05, 4.69) is 17.1 Å². The van der Waals surface area contributed by atoms with Crippen LogP contribution in [-0.2, 0) is 0 Å². The standard InChI is InChI=1S/C17H28N2O3/c1-4-21-14-6-7-16(22-5-2)15(12-14)17(20)13(3)19-10-8-18-9-11-19/h6-7,12-13,17-18,20H,4-5,8-11H2,1-3H3. The minimum Gasteiger partial charge on any atom is -0.494 e. The first kappa shape index (κ1) is 17.1. The Labute approximate surface area is 133 Å². The molecule has 1 aliphatic rings. The Balaban J connectivity index is 2.20. The zero-order valence-electron chi connectivity index (χ0n) is 13.8. The number of nitrogens with zero attached hydrogens (tertiary/aromatic N) is 1. The number of piperazine rings is 1. The van der Waals surface area contributed by atoms with Crippen molar-refractivity contribution in [1.29, 1.82) is 0 Å². The fourth-order valence-electron chi connectivity index (χ4n) is 2.85. The van der Waals surface area contributed by atoms with Crippen molar-refractivity contribution in [2.75, 3.05) is 39.4 Å². The van der Waals surface area contributed by atoms with Gasteiger partial charge in [-0.15, -0.1) is 0 Å². The molecule has 1 fully saturated rings. The maximum absolute atomic E-state index is 10.8. The van der Waals surface area contributed by atoms with E-state index in [1.165, 1.54) is 0 Å². The fourth-order valence-corrected chi connectivity index (χ4v) is 2.85. The van der Waals surface area contributed by atoms with Gasteiger partial charge in [0.25, 0.3) is 0 Å². The van der Waals surface area contributed by atoms with Crippen LogP contribution in [0.15, 0.2) is 18.2 Å². The van der Waals surface area contributed by atoms with Gasteiger partial charge in [-0.2, -0.15) is 0 Å². The van der Waals surface area contributed by atoms with Crippen molar-refractivity contribution in [2.45, 2.75) is 32.9 Å². The average Bonchev–Trinajstić information content (AvgIpc) is 2.56. The van der Waals surface area contributed by atoms with Crippen LogP contribution in [0.1, 0.15) is 32.4 Å². The van der Waals surface area contributed by atoms with Crippen LogP contribution in [0.4, 0.5) is 0 Å². The summed E-state index contributed by atoms with van der Waals surface area (Å²) in [5.74, 6) is 1.51. The van der Waals surface area contributed by atoms with Crippen LogP contribution in [0.3, 0.4) is 0 Å². The maximum Gasteiger partial charge on any atom is 0.125 e. The minimum absolute atomic E-state index is 0.0400. The molecule has 124 valence electrons. The van der Waals surface area contributed by atoms with Crippen molar-refractivity contribution in [3.8, 4) is 11.5 Å². The van der Waals surface area contributed by atoms with Crippen LogP contribution < -0.4 is 14.8 Å². The second-order valence-electron chi connectivity index (χ2n) is 5.54. The Morgan fingerprint density at radius 1 is 1.18 bits per heavy atom. The Bertz CT molecular complexity index is 461. The predicted octanol–water partition coefficient (Wildman–Crippen LogP) is 1.81. The van der Waals surface area contributed by atoms with E-state index in [0.29, 0.717) is 13.2 Å². The molecular weight excluding hydrogens is 280 g/mol. The molecule has 0 amide bonds. The second kappa shape index (κ2) is 8.36. The van der Waals surface area contributed by atoms with Gasteiger partial charge < -0.3 is 19.9 Å². The van der Waals surface area contributed by atoms with E-state index < -0.39 is 6.10 Å². The van der Waals surface area contributed by atoms with Gasteiger partial charge in [0, 0.05) is 37.8 Å². The molecule has 2 N–H and O–H groups in total. The lowest BCUT2D eigenvalue weighted by atomic mass is 10.00. The van der Waals surface area contributed by atoms with Gasteiger partial charge >= 0.3 is 0 Å². The van der Waals surface area contributed by atoms with Crippen molar-refractivity contribution < 1.29 is 14.6 Å². The zero-order chi connectivity index (χ0) is 15.9. The lowest BCUT2D eigenvalue weighted by Crippen LogP contribution is -2.49. The highest BCUT2D eigenvalue weighted by molar-refractivity contribution is 5.42. The van der Waals surface area contributed by atoms with E-state index in [-0.39, 0.29) is 6.04 Å². The maximum atomic E-state index is 10.8. The first-order chi connectivity index (χ1) is 10.7. The molecule has 0 spiro atoms. The quantitative estimate of drug-likeness (QED) is 0.804. The van der Waals surface area contributed by atoms with E-state index in [1.54, 1.807) is 0 Å². The van der Waals surface area contributed by atoms with Gasteiger partial charge in [0.05, 0.1) is 19.3 Å². The summed E-state index contributed by atoms with van der Waals surface area (Å²) in [6.07, 6.45) is -0.597. The van der Waals surface area contributed by atoms with E-state index in [0.717, 1.165) is 43.2 Å². The summed E-state index contributed by atoms with van der Waals surface area (Å²) in [5.41, 5.74) is 0.804. The van der Waals surface area contributed by atoms with Crippen LogP contribution in [0, 0.1) is 0 Å². The summed E-state index contributed by atoms with van der Waals surface area (Å²) in [5, 5.41) is 14.2. The van der Waals surface area contributed by atoms with Crippen molar-refractivity contribution >= 4 is 0 Å². The van der Waals surface area contributed by atoms with E-state index >= 15 is 0 Å². The van der Waals surface area contributed by atoms with Crippen LogP contribution in [0.5, 0.6) is 11.5 Å². The summed E-state index contributed by atoms with van der Waals surface area (Å²) < 4.78 is 11.2. The number of rotatable bonds is 7. The van der Waals surface area contributed by atoms with Gasteiger partial charge in [0.1, 0.15) is 11.5 Å². The number of hydrogen-bond donors (Lipinski definition) is 2. The Hall–Kier alpha value is -1.30. The topological polar surface area (TPSA) is 54.0 Å². The van der Waals surface area contributed by atoms with Crippen molar-refractivity contribution in [1.82, 2.24) is 10.2 Å². The minimum atomic E-state index is -0.597. The first-order valence-corrected chi connectivity index (χ1v) is 8.19. The SMILES string of the molecule is CCOc1ccc(OCC)c(C(O)C(C)N2CCNCC2)c1. The third kappa shape index (κ3) is 4.12. The molecule has 1 aromatic rings. The molecule has 22 heavy (non-hydrogen) atoms. The molecule has 1 heterocycles. The van der Waals surface area contributed by atoms with Gasteiger partial charge in [-0.1, -0.05) is 0 Å². The number of ether oxygens (including phenoxy) is 2. The number of hydrogen-bond acceptors (Lipinski definition) is 5. The molecule has 5 heteroatoms. The highest BCUT2D eigenvalue weighted by Gasteiger charge is 2.27. The normalized spacial score (nSPS) is 18.7. The summed E-state index contributed by atoms with van der Waals surface area (Å²) in [4.78, 5) is 2.31. The van der Waals surface area contributed by atoms with Crippen molar-refractivity contribution in [2.24, 2.45) is 0 Å². The highest BCUT2D eigenvalue weighted by atomic mass is 16.5. The molecule has 1 aromatic carbocycles. The molecule has 0 bridgehead atoms. The largest absolute Gasteiger partial charge is 0.494 e. The van der Waals surface area contributed by atoms with Crippen LogP contribution >= 0.6 is 0 Å². The summed E-state index contributed by atoms with van der Waals surface area (Å²) in [7, 11) is 0. The number of nitrogens with one attached hydrogen (secondary N) is 1. The Kier molecular flexibility index (Phi) is 6.49. The van der Waals surface area contributed by atoms with Crippen LogP contribution in [0.2, 0.25) is 0 Å².